The van der Waals surface area contributed by atoms with Crippen LogP contribution in [-0.2, 0) is 6.42 Å². The summed E-state index contributed by atoms with van der Waals surface area (Å²) in [5, 5.41) is 0.583. The Morgan fingerprint density at radius 1 is 1.20 bits per heavy atom. The molecule has 0 radical (unpaired) electrons. The molecule has 0 fully saturated rings. The Balaban J connectivity index is 1.92. The standard InChI is InChI=1S/C16H13N3O/c20-16-13-9-17-8-7-14(13)18-10-19(16)15-6-5-11-3-1-2-4-12(11)15/h1-4,7-10,15H,5-6H2/t15-/m1/s1. The number of fused-ring (bicyclic) bond motifs is 2. The molecular formula is C16H13N3O. The van der Waals surface area contributed by atoms with Crippen molar-refractivity contribution >= 4 is 10.9 Å². The molecule has 4 rings (SSSR count). The highest BCUT2D eigenvalue weighted by molar-refractivity contribution is 5.75. The van der Waals surface area contributed by atoms with Crippen LogP contribution in [0.2, 0.25) is 0 Å². The molecule has 0 N–H and O–H groups in total. The van der Waals surface area contributed by atoms with Gasteiger partial charge in [-0.2, -0.15) is 0 Å². The summed E-state index contributed by atoms with van der Waals surface area (Å²) in [5.41, 5.74) is 3.26. The number of hydrogen-bond donors (Lipinski definition) is 0. The van der Waals surface area contributed by atoms with E-state index in [2.05, 4.69) is 22.1 Å². The lowest BCUT2D eigenvalue weighted by Crippen LogP contribution is -2.24. The molecule has 0 aliphatic heterocycles. The summed E-state index contributed by atoms with van der Waals surface area (Å²) in [5.74, 6) is 0. The molecule has 4 nitrogen and oxygen atoms in total. The maximum atomic E-state index is 12.6. The lowest BCUT2D eigenvalue weighted by Gasteiger charge is -2.15. The largest absolute Gasteiger partial charge is 0.291 e. The fourth-order valence-electron chi connectivity index (χ4n) is 3.03. The molecule has 0 spiro atoms. The van der Waals surface area contributed by atoms with Gasteiger partial charge in [0.1, 0.15) is 0 Å². The van der Waals surface area contributed by atoms with Crippen LogP contribution in [0.1, 0.15) is 23.6 Å². The number of aromatic nitrogens is 3. The van der Waals surface area contributed by atoms with Gasteiger partial charge in [-0.15, -0.1) is 0 Å². The van der Waals surface area contributed by atoms with Crippen LogP contribution in [0.5, 0.6) is 0 Å². The molecule has 20 heavy (non-hydrogen) atoms. The van der Waals surface area contributed by atoms with E-state index in [0.29, 0.717) is 10.9 Å². The molecule has 98 valence electrons. The summed E-state index contributed by atoms with van der Waals surface area (Å²) in [6, 6.07) is 10.2. The van der Waals surface area contributed by atoms with Crippen LogP contribution in [-0.4, -0.2) is 14.5 Å². The Morgan fingerprint density at radius 2 is 2.10 bits per heavy atom. The van der Waals surface area contributed by atoms with Crippen molar-refractivity contribution in [1.82, 2.24) is 14.5 Å². The van der Waals surface area contributed by atoms with Gasteiger partial charge >= 0.3 is 0 Å². The molecular weight excluding hydrogens is 250 g/mol. The number of pyridine rings is 1. The van der Waals surface area contributed by atoms with E-state index < -0.39 is 0 Å². The van der Waals surface area contributed by atoms with Gasteiger partial charge in [0.2, 0.25) is 0 Å². The van der Waals surface area contributed by atoms with Gasteiger partial charge in [-0.25, -0.2) is 4.98 Å². The number of benzene rings is 1. The fraction of sp³-hybridized carbons (Fsp3) is 0.188. The second kappa shape index (κ2) is 4.27. The smallest absolute Gasteiger partial charge is 0.263 e. The molecule has 1 atom stereocenters. The van der Waals surface area contributed by atoms with Crippen molar-refractivity contribution in [3.63, 3.8) is 0 Å². The number of hydrogen-bond acceptors (Lipinski definition) is 3. The monoisotopic (exact) mass is 263 g/mol. The summed E-state index contributed by atoms with van der Waals surface area (Å²) in [7, 11) is 0. The van der Waals surface area contributed by atoms with E-state index in [1.807, 2.05) is 12.1 Å². The van der Waals surface area contributed by atoms with E-state index in [0.717, 1.165) is 12.8 Å². The zero-order valence-corrected chi connectivity index (χ0v) is 10.9. The zero-order chi connectivity index (χ0) is 13.5. The molecule has 4 heteroatoms. The minimum absolute atomic E-state index is 0.00944. The molecule has 3 aromatic rings. The van der Waals surface area contributed by atoms with Crippen LogP contribution < -0.4 is 5.56 Å². The molecule has 0 amide bonds. The van der Waals surface area contributed by atoms with Gasteiger partial charge in [0.05, 0.1) is 23.3 Å². The van der Waals surface area contributed by atoms with Crippen LogP contribution in [0.4, 0.5) is 0 Å². The molecule has 1 aliphatic rings. The van der Waals surface area contributed by atoms with Gasteiger partial charge in [0.25, 0.3) is 5.56 Å². The van der Waals surface area contributed by atoms with E-state index in [-0.39, 0.29) is 11.6 Å². The second-order valence-corrected chi connectivity index (χ2v) is 5.10. The molecule has 1 aliphatic carbocycles. The van der Waals surface area contributed by atoms with E-state index in [1.54, 1.807) is 29.4 Å². The average molecular weight is 263 g/mol. The third-order valence-corrected chi connectivity index (χ3v) is 4.02. The first-order valence-corrected chi connectivity index (χ1v) is 6.73. The Labute approximate surface area is 115 Å². The van der Waals surface area contributed by atoms with Crippen LogP contribution in [0.15, 0.2) is 53.8 Å². The predicted octanol–water partition coefficient (Wildman–Crippen LogP) is 2.33. The molecule has 0 saturated heterocycles. The second-order valence-electron chi connectivity index (χ2n) is 5.10. The minimum atomic E-state index is -0.00944. The normalized spacial score (nSPS) is 17.3. The summed E-state index contributed by atoms with van der Waals surface area (Å²) in [6.45, 7) is 0. The molecule has 0 bridgehead atoms. The van der Waals surface area contributed by atoms with E-state index in [9.17, 15) is 4.79 Å². The predicted molar refractivity (Wildman–Crippen MR) is 76.7 cm³/mol. The van der Waals surface area contributed by atoms with Crippen LogP contribution in [0.25, 0.3) is 10.9 Å². The minimum Gasteiger partial charge on any atom is -0.291 e. The maximum absolute atomic E-state index is 12.6. The van der Waals surface area contributed by atoms with Crippen molar-refractivity contribution in [1.29, 1.82) is 0 Å². The fourth-order valence-corrected chi connectivity index (χ4v) is 3.03. The van der Waals surface area contributed by atoms with E-state index in [4.69, 9.17) is 0 Å². The van der Waals surface area contributed by atoms with Crippen molar-refractivity contribution < 1.29 is 0 Å². The Kier molecular flexibility index (Phi) is 2.42. The van der Waals surface area contributed by atoms with Crippen LogP contribution >= 0.6 is 0 Å². The lowest BCUT2D eigenvalue weighted by atomic mass is 10.1. The molecule has 0 saturated carbocycles. The van der Waals surface area contributed by atoms with Crippen molar-refractivity contribution in [3.05, 3.63) is 70.5 Å². The highest BCUT2D eigenvalue weighted by Gasteiger charge is 2.24. The number of aryl methyl sites for hydroxylation is 1. The first kappa shape index (κ1) is 11.3. The maximum Gasteiger partial charge on any atom is 0.263 e. The summed E-state index contributed by atoms with van der Waals surface area (Å²) < 4.78 is 1.75. The van der Waals surface area contributed by atoms with Gasteiger partial charge in [0.15, 0.2) is 0 Å². The summed E-state index contributed by atoms with van der Waals surface area (Å²) in [4.78, 5) is 21.0. The first-order valence-electron chi connectivity index (χ1n) is 6.73. The third-order valence-electron chi connectivity index (χ3n) is 4.02. The van der Waals surface area contributed by atoms with Crippen molar-refractivity contribution in [2.45, 2.75) is 18.9 Å². The van der Waals surface area contributed by atoms with Crippen molar-refractivity contribution in [2.24, 2.45) is 0 Å². The Morgan fingerprint density at radius 3 is 3.05 bits per heavy atom. The van der Waals surface area contributed by atoms with Gasteiger partial charge in [-0.1, -0.05) is 24.3 Å². The van der Waals surface area contributed by atoms with E-state index in [1.165, 1.54) is 11.1 Å². The SMILES string of the molecule is O=c1c2cnccc2ncn1[C@@H]1CCc2ccccc21. The first-order chi connectivity index (χ1) is 9.84. The quantitative estimate of drug-likeness (QED) is 0.677. The van der Waals surface area contributed by atoms with Gasteiger partial charge in [0, 0.05) is 12.4 Å². The van der Waals surface area contributed by atoms with Crippen LogP contribution in [0, 0.1) is 0 Å². The molecule has 2 aromatic heterocycles. The molecule has 2 heterocycles. The van der Waals surface area contributed by atoms with Gasteiger partial charge in [-0.3, -0.25) is 14.3 Å². The van der Waals surface area contributed by atoms with Gasteiger partial charge < -0.3 is 0 Å². The van der Waals surface area contributed by atoms with Crippen molar-refractivity contribution in [2.75, 3.05) is 0 Å². The Bertz CT molecular complexity index is 853. The highest BCUT2D eigenvalue weighted by atomic mass is 16.1. The molecule has 0 unspecified atom stereocenters. The van der Waals surface area contributed by atoms with Gasteiger partial charge in [-0.05, 0) is 30.0 Å². The van der Waals surface area contributed by atoms with Crippen LogP contribution in [0.3, 0.4) is 0 Å². The highest BCUT2D eigenvalue weighted by Crippen LogP contribution is 2.33. The lowest BCUT2D eigenvalue weighted by molar-refractivity contribution is 0.557. The zero-order valence-electron chi connectivity index (χ0n) is 10.9. The molecule has 1 aromatic carbocycles. The topological polar surface area (TPSA) is 47.8 Å². The number of rotatable bonds is 1. The number of nitrogens with zero attached hydrogens (tertiary/aromatic N) is 3. The third kappa shape index (κ3) is 1.58. The summed E-state index contributed by atoms with van der Waals surface area (Å²) >= 11 is 0. The van der Waals surface area contributed by atoms with Crippen molar-refractivity contribution in [3.8, 4) is 0 Å². The van der Waals surface area contributed by atoms with E-state index >= 15 is 0 Å². The average Bonchev–Trinajstić information content (AvgIpc) is 2.92. The Hall–Kier alpha value is -2.49. The summed E-state index contributed by atoms with van der Waals surface area (Å²) in [6.07, 6.45) is 6.88.